The number of aliphatic hydroxyl groups is 1. The average Bonchev–Trinajstić information content (AvgIpc) is 2.81. The highest BCUT2D eigenvalue weighted by Gasteiger charge is 2.27. The van der Waals surface area contributed by atoms with Gasteiger partial charge < -0.3 is 10.2 Å². The van der Waals surface area contributed by atoms with Gasteiger partial charge in [0.1, 0.15) is 6.10 Å². The Bertz CT molecular complexity index is 479. The molecule has 20 heavy (non-hydrogen) atoms. The highest BCUT2D eigenvalue weighted by Crippen LogP contribution is 2.03. The Kier molecular flexibility index (Phi) is 5.09. The predicted octanol–water partition coefficient (Wildman–Crippen LogP) is -2.22. The molecular formula is C11H12N2O7. The van der Waals surface area contributed by atoms with E-state index in [2.05, 4.69) is 0 Å². The Morgan fingerprint density at radius 1 is 1.25 bits per heavy atom. The molecule has 2 rings (SSSR count). The second kappa shape index (κ2) is 6.57. The summed E-state index contributed by atoms with van der Waals surface area (Å²) < 4.78 is 0. The molecule has 1 saturated heterocycles. The second-order valence-corrected chi connectivity index (χ2v) is 3.94. The molecule has 0 aromatic rings. The first-order chi connectivity index (χ1) is 9.31. The van der Waals surface area contributed by atoms with Crippen molar-refractivity contribution < 1.29 is 34.2 Å². The number of nitrogens with one attached hydrogen (secondary N) is 1. The van der Waals surface area contributed by atoms with Crippen LogP contribution in [0.4, 0.5) is 0 Å². The topological polar surface area (TPSA) is 141 Å². The summed E-state index contributed by atoms with van der Waals surface area (Å²) >= 11 is 0. The lowest BCUT2D eigenvalue weighted by molar-refractivity contribution is -0.140. The summed E-state index contributed by atoms with van der Waals surface area (Å²) in [6.07, 6.45) is 0.856. The highest BCUT2D eigenvalue weighted by atomic mass is 16.4. The fourth-order valence-electron chi connectivity index (χ4n) is 1.40. The van der Waals surface area contributed by atoms with Gasteiger partial charge in [-0.15, -0.1) is 0 Å². The third kappa shape index (κ3) is 4.28. The molecule has 4 amide bonds. The number of carboxylic acid groups (broad SMARTS) is 1. The van der Waals surface area contributed by atoms with Crippen LogP contribution in [0, 0.1) is 0 Å². The minimum atomic E-state index is -1.11. The predicted molar refractivity (Wildman–Crippen MR) is 61.9 cm³/mol. The van der Waals surface area contributed by atoms with Gasteiger partial charge in [-0.3, -0.25) is 34.2 Å². The van der Waals surface area contributed by atoms with Crippen molar-refractivity contribution in [3.63, 3.8) is 0 Å². The number of carboxylic acids is 1. The summed E-state index contributed by atoms with van der Waals surface area (Å²) in [6.45, 7) is -0.0556. The van der Waals surface area contributed by atoms with Crippen LogP contribution in [-0.4, -0.2) is 57.4 Å². The summed E-state index contributed by atoms with van der Waals surface area (Å²) in [6, 6.07) is 0. The van der Waals surface area contributed by atoms with Crippen LogP contribution >= 0.6 is 0 Å². The molecule has 1 fully saturated rings. The number of imide groups is 2. The molecule has 0 saturated carbocycles. The number of carbonyl (C=O) groups is 5. The normalized spacial score (nSPS) is 20.9. The van der Waals surface area contributed by atoms with Gasteiger partial charge in [0.05, 0.1) is 12.8 Å². The summed E-state index contributed by atoms with van der Waals surface area (Å²) in [7, 11) is 0. The maximum Gasteiger partial charge on any atom is 0.305 e. The molecule has 2 aliphatic rings. The first-order valence-electron chi connectivity index (χ1n) is 5.58. The Balaban J connectivity index is 0.000000217. The van der Waals surface area contributed by atoms with Crippen molar-refractivity contribution in [2.45, 2.75) is 18.9 Å². The van der Waals surface area contributed by atoms with Crippen molar-refractivity contribution >= 4 is 29.6 Å². The first-order valence-corrected chi connectivity index (χ1v) is 5.58. The molecule has 2 heterocycles. The number of carbonyl (C=O) groups excluding carboxylic acids is 4. The molecule has 0 radical (unpaired) electrons. The monoisotopic (exact) mass is 284 g/mol. The van der Waals surface area contributed by atoms with E-state index in [1.54, 1.807) is 0 Å². The van der Waals surface area contributed by atoms with Gasteiger partial charge in [0.25, 0.3) is 17.7 Å². The van der Waals surface area contributed by atoms with Gasteiger partial charge in [0.15, 0.2) is 0 Å². The zero-order valence-electron chi connectivity index (χ0n) is 10.2. The van der Waals surface area contributed by atoms with Crippen molar-refractivity contribution in [3.8, 4) is 0 Å². The number of hydrogen-bond acceptors (Lipinski definition) is 6. The van der Waals surface area contributed by atoms with Gasteiger partial charge in [-0.25, -0.2) is 0 Å². The van der Waals surface area contributed by atoms with E-state index in [9.17, 15) is 24.0 Å². The van der Waals surface area contributed by atoms with E-state index < -0.39 is 35.7 Å². The van der Waals surface area contributed by atoms with E-state index in [4.69, 9.17) is 10.2 Å². The number of hydrogen-bond donors (Lipinski definition) is 3. The van der Waals surface area contributed by atoms with E-state index in [0.717, 1.165) is 17.1 Å². The molecule has 3 N–H and O–H groups in total. The highest BCUT2D eigenvalue weighted by molar-refractivity contribution is 6.13. The quantitative estimate of drug-likeness (QED) is 0.498. The zero-order chi connectivity index (χ0) is 15.3. The molecule has 9 nitrogen and oxygen atoms in total. The summed E-state index contributed by atoms with van der Waals surface area (Å²) in [5, 5.41) is 18.8. The lowest BCUT2D eigenvalue weighted by Gasteiger charge is -2.10. The van der Waals surface area contributed by atoms with E-state index in [1.807, 2.05) is 5.32 Å². The number of nitrogens with zero attached hydrogens (tertiary/aromatic N) is 1. The van der Waals surface area contributed by atoms with Gasteiger partial charge in [0, 0.05) is 18.7 Å². The molecule has 0 aliphatic carbocycles. The van der Waals surface area contributed by atoms with Crippen LogP contribution in [0.5, 0.6) is 0 Å². The van der Waals surface area contributed by atoms with Crippen molar-refractivity contribution in [3.05, 3.63) is 12.2 Å². The lowest BCUT2D eigenvalue weighted by atomic mass is 10.3. The molecule has 1 unspecified atom stereocenters. The van der Waals surface area contributed by atoms with Crippen LogP contribution in [0.25, 0.3) is 0 Å². The van der Waals surface area contributed by atoms with Gasteiger partial charge in [0.2, 0.25) is 5.91 Å². The molecule has 9 heteroatoms. The smallest absolute Gasteiger partial charge is 0.305 e. The van der Waals surface area contributed by atoms with Crippen LogP contribution in [0.1, 0.15) is 12.8 Å². The summed E-state index contributed by atoms with van der Waals surface area (Å²) in [4.78, 5) is 53.0. The largest absolute Gasteiger partial charge is 0.481 e. The Morgan fingerprint density at radius 2 is 1.80 bits per heavy atom. The minimum Gasteiger partial charge on any atom is -0.481 e. The number of aliphatic carboxylic acids is 1. The number of rotatable bonds is 3. The Labute approximate surface area is 112 Å². The Morgan fingerprint density at radius 3 is 2.10 bits per heavy atom. The lowest BCUT2D eigenvalue weighted by Crippen LogP contribution is -2.31. The zero-order valence-corrected chi connectivity index (χ0v) is 10.2. The van der Waals surface area contributed by atoms with Crippen molar-refractivity contribution in [1.82, 2.24) is 10.2 Å². The van der Waals surface area contributed by atoms with Gasteiger partial charge in [-0.1, -0.05) is 0 Å². The van der Waals surface area contributed by atoms with Crippen molar-refractivity contribution in [2.24, 2.45) is 0 Å². The summed E-state index contributed by atoms with van der Waals surface area (Å²) in [5.74, 6) is -2.90. The fourth-order valence-corrected chi connectivity index (χ4v) is 1.40. The average molecular weight is 284 g/mol. The maximum atomic E-state index is 10.8. The van der Waals surface area contributed by atoms with Crippen LogP contribution < -0.4 is 5.32 Å². The van der Waals surface area contributed by atoms with Crippen molar-refractivity contribution in [1.29, 1.82) is 0 Å². The molecule has 0 bridgehead atoms. The maximum absolute atomic E-state index is 10.8. The Hall–Kier alpha value is -2.55. The third-order valence-corrected chi connectivity index (χ3v) is 2.39. The van der Waals surface area contributed by atoms with E-state index in [1.165, 1.54) is 0 Å². The number of amides is 4. The molecule has 0 spiro atoms. The SMILES string of the molecule is O=C(O)CCN1C(=O)C=CC1=O.O=C1CC(O)C(=O)N1. The molecule has 0 aromatic carbocycles. The number of aliphatic hydroxyl groups excluding tert-OH is 1. The van der Waals surface area contributed by atoms with E-state index in [-0.39, 0.29) is 19.4 Å². The van der Waals surface area contributed by atoms with Crippen LogP contribution in [0.2, 0.25) is 0 Å². The van der Waals surface area contributed by atoms with Gasteiger partial charge >= 0.3 is 5.97 Å². The second-order valence-electron chi connectivity index (χ2n) is 3.94. The molecule has 108 valence electrons. The van der Waals surface area contributed by atoms with Crippen LogP contribution in [0.3, 0.4) is 0 Å². The fraction of sp³-hybridized carbons (Fsp3) is 0.364. The van der Waals surface area contributed by atoms with Gasteiger partial charge in [-0.2, -0.15) is 0 Å². The standard InChI is InChI=1S/C7H7NO4.C4H5NO3/c9-5-1-2-6(10)8(5)4-3-7(11)12;6-2-1-3(7)5-4(2)8/h1-2H,3-4H2,(H,11,12);2,6H,1H2,(H,5,7,8). The van der Waals surface area contributed by atoms with Crippen LogP contribution in [-0.2, 0) is 24.0 Å². The van der Waals surface area contributed by atoms with E-state index in [0.29, 0.717) is 0 Å². The van der Waals surface area contributed by atoms with E-state index >= 15 is 0 Å². The molecule has 2 aliphatic heterocycles. The van der Waals surface area contributed by atoms with Crippen LogP contribution in [0.15, 0.2) is 12.2 Å². The molecule has 0 aromatic heterocycles. The molecule has 1 atom stereocenters. The first kappa shape index (κ1) is 15.5. The summed E-state index contributed by atoms with van der Waals surface area (Å²) in [5.41, 5.74) is 0. The third-order valence-electron chi connectivity index (χ3n) is 2.39. The molecular weight excluding hydrogens is 272 g/mol. The van der Waals surface area contributed by atoms with Gasteiger partial charge in [-0.05, 0) is 0 Å². The van der Waals surface area contributed by atoms with Crippen molar-refractivity contribution in [2.75, 3.05) is 6.54 Å². The minimum absolute atomic E-state index is 0.0556.